The zero-order valence-corrected chi connectivity index (χ0v) is 19.6. The number of carbonyl (C=O) groups is 3. The number of hydrogen-bond donors (Lipinski definition) is 1. The highest BCUT2D eigenvalue weighted by Gasteiger charge is 2.39. The Kier molecular flexibility index (Phi) is 7.43. The van der Waals surface area contributed by atoms with Crippen LogP contribution in [0.4, 0.5) is 10.1 Å². The van der Waals surface area contributed by atoms with E-state index in [1.807, 2.05) is 61.5 Å². The predicted octanol–water partition coefficient (Wildman–Crippen LogP) is 4.80. The lowest BCUT2D eigenvalue weighted by Gasteiger charge is -2.33. The van der Waals surface area contributed by atoms with E-state index in [-0.39, 0.29) is 35.7 Å². The second kappa shape index (κ2) is 10.7. The van der Waals surface area contributed by atoms with E-state index in [1.165, 1.54) is 17.0 Å². The van der Waals surface area contributed by atoms with Gasteiger partial charge in [-0.05, 0) is 42.3 Å². The zero-order chi connectivity index (χ0) is 24.1. The number of hydrogen-bond acceptors (Lipinski definition) is 4. The lowest BCUT2D eigenvalue weighted by molar-refractivity contribution is -0.128. The van der Waals surface area contributed by atoms with E-state index in [1.54, 1.807) is 12.1 Å². The van der Waals surface area contributed by atoms with E-state index in [0.29, 0.717) is 17.0 Å². The maximum absolute atomic E-state index is 13.7. The first-order chi connectivity index (χ1) is 16.4. The second-order valence-electron chi connectivity index (χ2n) is 8.29. The molecule has 1 fully saturated rings. The Balaban J connectivity index is 1.70. The van der Waals surface area contributed by atoms with Gasteiger partial charge in [0.05, 0.1) is 5.92 Å². The van der Waals surface area contributed by atoms with Gasteiger partial charge in [-0.15, -0.1) is 0 Å². The van der Waals surface area contributed by atoms with Gasteiger partial charge in [0.15, 0.2) is 5.12 Å². The molecule has 7 heteroatoms. The first kappa shape index (κ1) is 23.7. The molecule has 2 atom stereocenters. The van der Waals surface area contributed by atoms with Gasteiger partial charge in [0.25, 0.3) is 0 Å². The molecule has 2 amide bonds. The third-order valence-corrected chi connectivity index (χ3v) is 6.82. The van der Waals surface area contributed by atoms with Gasteiger partial charge >= 0.3 is 0 Å². The first-order valence-electron chi connectivity index (χ1n) is 11.0. The van der Waals surface area contributed by atoms with Crippen molar-refractivity contribution in [3.05, 3.63) is 101 Å². The summed E-state index contributed by atoms with van der Waals surface area (Å²) in [6.45, 7) is 2.14. The summed E-state index contributed by atoms with van der Waals surface area (Å²) in [6, 6.07) is 21.5. The number of rotatable bonds is 7. The molecule has 5 nitrogen and oxygen atoms in total. The molecule has 1 N–H and O–H groups in total. The zero-order valence-electron chi connectivity index (χ0n) is 18.7. The van der Waals surface area contributed by atoms with E-state index in [9.17, 15) is 18.8 Å². The van der Waals surface area contributed by atoms with Crippen molar-refractivity contribution < 1.29 is 18.8 Å². The minimum Gasteiger partial charge on any atom is -0.350 e. The van der Waals surface area contributed by atoms with Gasteiger partial charge in [0.1, 0.15) is 11.9 Å². The summed E-state index contributed by atoms with van der Waals surface area (Å²) in [4.78, 5) is 40.8. The second-order valence-corrected chi connectivity index (χ2v) is 9.36. The van der Waals surface area contributed by atoms with Crippen LogP contribution in [0.25, 0.3) is 0 Å². The molecule has 1 aliphatic rings. The molecule has 1 heterocycles. The fourth-order valence-corrected chi connectivity index (χ4v) is 4.88. The van der Waals surface area contributed by atoms with E-state index in [4.69, 9.17) is 0 Å². The Morgan fingerprint density at radius 3 is 2.32 bits per heavy atom. The number of aryl methyl sites for hydroxylation is 1. The Morgan fingerprint density at radius 1 is 1.03 bits per heavy atom. The largest absolute Gasteiger partial charge is 0.350 e. The topological polar surface area (TPSA) is 66.5 Å². The molecular formula is C27H25FN2O3S. The monoisotopic (exact) mass is 476 g/mol. The maximum Gasteiger partial charge on any atom is 0.248 e. The maximum atomic E-state index is 13.7. The van der Waals surface area contributed by atoms with Crippen LogP contribution in [0.5, 0.6) is 0 Å². The van der Waals surface area contributed by atoms with Gasteiger partial charge in [-0.2, -0.15) is 0 Å². The third-order valence-electron chi connectivity index (χ3n) is 5.76. The minimum atomic E-state index is -0.933. The Bertz CT molecular complexity index is 1170. The number of amides is 2. The number of carbonyl (C=O) groups excluding carboxylic acids is 3. The number of halogens is 1. The lowest BCUT2D eigenvalue weighted by atomic mass is 9.99. The molecule has 0 saturated carbocycles. The van der Waals surface area contributed by atoms with Gasteiger partial charge in [0.2, 0.25) is 11.8 Å². The summed E-state index contributed by atoms with van der Waals surface area (Å²) in [5.74, 6) is -1.06. The van der Waals surface area contributed by atoms with Crippen LogP contribution in [-0.2, 0) is 20.9 Å². The number of anilines is 1. The molecule has 1 aliphatic heterocycles. The predicted molar refractivity (Wildman–Crippen MR) is 132 cm³/mol. The summed E-state index contributed by atoms with van der Waals surface area (Å²) in [6.07, 6.45) is 0.157. The van der Waals surface area contributed by atoms with Crippen molar-refractivity contribution >= 4 is 34.4 Å². The molecule has 1 saturated heterocycles. The highest BCUT2D eigenvalue weighted by molar-refractivity contribution is 8.14. The molecule has 0 bridgehead atoms. The summed E-state index contributed by atoms with van der Waals surface area (Å²) in [5.41, 5.74) is 3.02. The molecule has 4 rings (SSSR count). The average Bonchev–Trinajstić information content (AvgIpc) is 3.29. The van der Waals surface area contributed by atoms with Crippen LogP contribution < -0.4 is 10.2 Å². The molecule has 0 aliphatic carbocycles. The summed E-state index contributed by atoms with van der Waals surface area (Å²) in [7, 11) is 0. The van der Waals surface area contributed by atoms with Crippen LogP contribution in [0.3, 0.4) is 0 Å². The van der Waals surface area contributed by atoms with Crippen LogP contribution in [0.2, 0.25) is 0 Å². The average molecular weight is 477 g/mol. The molecule has 0 aromatic heterocycles. The highest BCUT2D eigenvalue weighted by Crippen LogP contribution is 2.34. The van der Waals surface area contributed by atoms with Crippen molar-refractivity contribution in [2.45, 2.75) is 25.9 Å². The van der Waals surface area contributed by atoms with Crippen molar-refractivity contribution in [3.63, 3.8) is 0 Å². The molecule has 34 heavy (non-hydrogen) atoms. The fourth-order valence-electron chi connectivity index (χ4n) is 3.92. The third kappa shape index (κ3) is 5.54. The van der Waals surface area contributed by atoms with Gasteiger partial charge in [0, 0.05) is 24.4 Å². The van der Waals surface area contributed by atoms with Crippen LogP contribution >= 0.6 is 11.8 Å². The normalized spacial score (nSPS) is 16.2. The van der Waals surface area contributed by atoms with Crippen LogP contribution in [0.1, 0.15) is 29.2 Å². The van der Waals surface area contributed by atoms with Crippen molar-refractivity contribution in [1.82, 2.24) is 5.32 Å². The summed E-state index contributed by atoms with van der Waals surface area (Å²) < 4.78 is 13.3. The minimum absolute atomic E-state index is 0.0146. The van der Waals surface area contributed by atoms with Crippen molar-refractivity contribution in [2.75, 3.05) is 10.7 Å². The van der Waals surface area contributed by atoms with Gasteiger partial charge < -0.3 is 5.32 Å². The summed E-state index contributed by atoms with van der Waals surface area (Å²) >= 11 is 1.16. The fraction of sp³-hybridized carbons (Fsp3) is 0.222. The van der Waals surface area contributed by atoms with Crippen molar-refractivity contribution in [1.29, 1.82) is 0 Å². The standard InChI is InChI=1S/C27H25FN2O3S/c1-18-7-13-23(14-8-18)30(27(33)21-15-24(31)34-17-21)25(20-5-3-2-4-6-20)26(32)29-16-19-9-11-22(28)12-10-19/h2-14,21,25H,15-17H2,1H3,(H,29,32). The van der Waals surface area contributed by atoms with Gasteiger partial charge in [-0.1, -0.05) is 71.9 Å². The van der Waals surface area contributed by atoms with E-state index in [0.717, 1.165) is 22.9 Å². The molecule has 3 aromatic rings. The van der Waals surface area contributed by atoms with Gasteiger partial charge in [-0.25, -0.2) is 4.39 Å². The Labute approximate surface area is 202 Å². The molecule has 0 radical (unpaired) electrons. The molecule has 2 unspecified atom stereocenters. The summed E-state index contributed by atoms with van der Waals surface area (Å²) in [5, 5.41) is 2.89. The number of thioether (sulfide) groups is 1. The van der Waals surface area contributed by atoms with Gasteiger partial charge in [-0.3, -0.25) is 19.3 Å². The Morgan fingerprint density at radius 2 is 1.71 bits per heavy atom. The number of benzene rings is 3. The Hall–Kier alpha value is -3.45. The smallest absolute Gasteiger partial charge is 0.248 e. The number of nitrogens with zero attached hydrogens (tertiary/aromatic N) is 1. The van der Waals surface area contributed by atoms with E-state index in [2.05, 4.69) is 5.32 Å². The molecule has 174 valence electrons. The van der Waals surface area contributed by atoms with Crippen LogP contribution in [-0.4, -0.2) is 22.7 Å². The number of nitrogens with one attached hydrogen (secondary N) is 1. The molecular weight excluding hydrogens is 451 g/mol. The lowest BCUT2D eigenvalue weighted by Crippen LogP contribution is -2.46. The van der Waals surface area contributed by atoms with Crippen LogP contribution in [0, 0.1) is 18.7 Å². The molecule has 3 aromatic carbocycles. The van der Waals surface area contributed by atoms with E-state index >= 15 is 0 Å². The van der Waals surface area contributed by atoms with Crippen molar-refractivity contribution in [2.24, 2.45) is 5.92 Å². The van der Waals surface area contributed by atoms with Crippen molar-refractivity contribution in [3.8, 4) is 0 Å². The highest BCUT2D eigenvalue weighted by atomic mass is 32.2. The van der Waals surface area contributed by atoms with E-state index < -0.39 is 12.0 Å². The first-order valence-corrected chi connectivity index (χ1v) is 12.0. The SMILES string of the molecule is Cc1ccc(N(C(=O)C2CSC(=O)C2)C(C(=O)NCc2ccc(F)cc2)c2ccccc2)cc1. The quantitative estimate of drug-likeness (QED) is 0.532. The van der Waals surface area contributed by atoms with Crippen LogP contribution in [0.15, 0.2) is 78.9 Å². The molecule has 0 spiro atoms.